The molecule has 2 heterocycles. The second-order valence-electron chi connectivity index (χ2n) is 5.13. The van der Waals surface area contributed by atoms with Crippen molar-refractivity contribution in [2.24, 2.45) is 0 Å². The lowest BCUT2D eigenvalue weighted by Crippen LogP contribution is -2.17. The number of aryl methyl sites for hydroxylation is 2. The van der Waals surface area contributed by atoms with Crippen LogP contribution in [0.4, 0.5) is 5.82 Å². The number of rotatable bonds is 4. The second-order valence-corrected chi connectivity index (χ2v) is 6.94. The van der Waals surface area contributed by atoms with Gasteiger partial charge < -0.3 is 5.32 Å². The Kier molecular flexibility index (Phi) is 4.36. The molecule has 0 saturated heterocycles. The third-order valence-corrected chi connectivity index (χ3v) is 4.99. The Balaban J connectivity index is 1.82. The lowest BCUT2D eigenvalue weighted by atomic mass is 9.94. The molecule has 106 valence electrons. The predicted octanol–water partition coefficient (Wildman–Crippen LogP) is 4.74. The SMILES string of the molecule is CCCc1nc(Br)cc(NC2CCCc3sccc32)n1. The summed E-state index contributed by atoms with van der Waals surface area (Å²) in [6, 6.07) is 4.61. The maximum atomic E-state index is 4.63. The number of hydrogen-bond acceptors (Lipinski definition) is 4. The Morgan fingerprint density at radius 1 is 1.45 bits per heavy atom. The van der Waals surface area contributed by atoms with Gasteiger partial charge in [-0.05, 0) is 58.6 Å². The summed E-state index contributed by atoms with van der Waals surface area (Å²) in [6.45, 7) is 2.15. The summed E-state index contributed by atoms with van der Waals surface area (Å²) in [7, 11) is 0. The molecular formula is C15H18BrN3S. The number of aromatic nitrogens is 2. The number of nitrogens with one attached hydrogen (secondary N) is 1. The Hall–Kier alpha value is -0.940. The molecule has 5 heteroatoms. The minimum atomic E-state index is 0.390. The zero-order valence-corrected chi connectivity index (χ0v) is 13.9. The normalized spacial score (nSPS) is 17.8. The van der Waals surface area contributed by atoms with Crippen molar-refractivity contribution < 1.29 is 0 Å². The molecule has 1 aliphatic carbocycles. The molecule has 0 aliphatic heterocycles. The van der Waals surface area contributed by atoms with Crippen molar-refractivity contribution in [2.45, 2.75) is 45.1 Å². The van der Waals surface area contributed by atoms with E-state index >= 15 is 0 Å². The molecule has 0 radical (unpaired) electrons. The van der Waals surface area contributed by atoms with Crippen LogP contribution in [0.5, 0.6) is 0 Å². The van der Waals surface area contributed by atoms with Gasteiger partial charge in [0, 0.05) is 17.4 Å². The smallest absolute Gasteiger partial charge is 0.132 e. The molecule has 20 heavy (non-hydrogen) atoms. The summed E-state index contributed by atoms with van der Waals surface area (Å²) < 4.78 is 0.861. The molecule has 0 saturated carbocycles. The van der Waals surface area contributed by atoms with Crippen LogP contribution in [-0.4, -0.2) is 9.97 Å². The van der Waals surface area contributed by atoms with Crippen LogP contribution in [0.2, 0.25) is 0 Å². The summed E-state index contributed by atoms with van der Waals surface area (Å²) >= 11 is 5.36. The van der Waals surface area contributed by atoms with Gasteiger partial charge in [0.2, 0.25) is 0 Å². The first-order valence-corrected chi connectivity index (χ1v) is 8.80. The fourth-order valence-corrected chi connectivity index (χ4v) is 4.10. The van der Waals surface area contributed by atoms with Crippen LogP contribution >= 0.6 is 27.3 Å². The van der Waals surface area contributed by atoms with E-state index in [4.69, 9.17) is 0 Å². The molecular weight excluding hydrogens is 334 g/mol. The lowest BCUT2D eigenvalue weighted by Gasteiger charge is -2.24. The largest absolute Gasteiger partial charge is 0.363 e. The van der Waals surface area contributed by atoms with Gasteiger partial charge in [0.15, 0.2) is 0 Å². The average molecular weight is 352 g/mol. The van der Waals surface area contributed by atoms with E-state index in [1.54, 1.807) is 0 Å². The monoisotopic (exact) mass is 351 g/mol. The molecule has 2 aromatic heterocycles. The molecule has 1 atom stereocenters. The van der Waals surface area contributed by atoms with E-state index in [1.807, 2.05) is 17.4 Å². The zero-order valence-electron chi connectivity index (χ0n) is 11.5. The number of anilines is 1. The number of halogens is 1. The molecule has 2 aromatic rings. The summed E-state index contributed by atoms with van der Waals surface area (Å²) in [5, 5.41) is 5.79. The van der Waals surface area contributed by atoms with Gasteiger partial charge >= 0.3 is 0 Å². The van der Waals surface area contributed by atoms with Crippen molar-refractivity contribution >= 4 is 33.1 Å². The molecule has 1 N–H and O–H groups in total. The summed E-state index contributed by atoms with van der Waals surface area (Å²) in [5.41, 5.74) is 1.45. The third kappa shape index (κ3) is 3.04. The Labute approximate surface area is 132 Å². The van der Waals surface area contributed by atoms with Crippen LogP contribution in [0.1, 0.15) is 48.5 Å². The topological polar surface area (TPSA) is 37.8 Å². The van der Waals surface area contributed by atoms with Gasteiger partial charge in [0.25, 0.3) is 0 Å². The highest BCUT2D eigenvalue weighted by Crippen LogP contribution is 2.35. The van der Waals surface area contributed by atoms with Crippen molar-refractivity contribution in [1.82, 2.24) is 9.97 Å². The Morgan fingerprint density at radius 3 is 3.20 bits per heavy atom. The number of fused-ring (bicyclic) bond motifs is 1. The van der Waals surface area contributed by atoms with E-state index < -0.39 is 0 Å². The first-order chi connectivity index (χ1) is 9.76. The van der Waals surface area contributed by atoms with Crippen LogP contribution in [0, 0.1) is 0 Å². The van der Waals surface area contributed by atoms with Crippen LogP contribution < -0.4 is 5.32 Å². The second kappa shape index (κ2) is 6.22. The van der Waals surface area contributed by atoms with E-state index in [9.17, 15) is 0 Å². The Bertz CT molecular complexity index is 597. The van der Waals surface area contributed by atoms with Crippen LogP contribution in [0.25, 0.3) is 0 Å². The van der Waals surface area contributed by atoms with E-state index in [0.29, 0.717) is 6.04 Å². The molecule has 3 rings (SSSR count). The van der Waals surface area contributed by atoms with E-state index in [0.717, 1.165) is 29.1 Å². The van der Waals surface area contributed by atoms with Crippen molar-refractivity contribution in [1.29, 1.82) is 0 Å². The summed E-state index contributed by atoms with van der Waals surface area (Å²) in [5.74, 6) is 1.84. The fourth-order valence-electron chi connectivity index (χ4n) is 2.69. The van der Waals surface area contributed by atoms with E-state index in [-0.39, 0.29) is 0 Å². The summed E-state index contributed by atoms with van der Waals surface area (Å²) in [4.78, 5) is 10.6. The standard InChI is InChI=1S/C15H18BrN3S/c1-2-4-14-18-13(16)9-15(19-14)17-11-5-3-6-12-10(11)7-8-20-12/h7-9,11H,2-6H2,1H3,(H,17,18,19). The molecule has 1 aliphatic rings. The van der Waals surface area contributed by atoms with Gasteiger partial charge in [-0.15, -0.1) is 11.3 Å². The quantitative estimate of drug-likeness (QED) is 0.808. The first-order valence-electron chi connectivity index (χ1n) is 7.12. The van der Waals surface area contributed by atoms with Crippen molar-refractivity contribution in [3.8, 4) is 0 Å². The maximum Gasteiger partial charge on any atom is 0.132 e. The van der Waals surface area contributed by atoms with Crippen molar-refractivity contribution in [3.05, 3.63) is 38.4 Å². The number of nitrogens with zero attached hydrogens (tertiary/aromatic N) is 2. The summed E-state index contributed by atoms with van der Waals surface area (Å²) in [6.07, 6.45) is 5.63. The minimum absolute atomic E-state index is 0.390. The average Bonchev–Trinajstić information content (AvgIpc) is 2.88. The van der Waals surface area contributed by atoms with Gasteiger partial charge in [0.1, 0.15) is 16.2 Å². The molecule has 0 aromatic carbocycles. The molecule has 0 fully saturated rings. The highest BCUT2D eigenvalue weighted by molar-refractivity contribution is 9.10. The van der Waals surface area contributed by atoms with Gasteiger partial charge in [-0.2, -0.15) is 0 Å². The van der Waals surface area contributed by atoms with Crippen molar-refractivity contribution in [3.63, 3.8) is 0 Å². The Morgan fingerprint density at radius 2 is 2.35 bits per heavy atom. The maximum absolute atomic E-state index is 4.63. The van der Waals surface area contributed by atoms with Gasteiger partial charge in [-0.1, -0.05) is 6.92 Å². The third-order valence-electron chi connectivity index (χ3n) is 3.59. The molecule has 0 bridgehead atoms. The van der Waals surface area contributed by atoms with E-state index in [1.165, 1.54) is 29.7 Å². The number of hydrogen-bond donors (Lipinski definition) is 1. The van der Waals surface area contributed by atoms with Crippen LogP contribution in [0.3, 0.4) is 0 Å². The highest BCUT2D eigenvalue weighted by Gasteiger charge is 2.21. The van der Waals surface area contributed by atoms with Gasteiger partial charge in [-0.3, -0.25) is 0 Å². The predicted molar refractivity (Wildman–Crippen MR) is 87.3 cm³/mol. The first kappa shape index (κ1) is 14.0. The zero-order chi connectivity index (χ0) is 13.9. The lowest BCUT2D eigenvalue weighted by molar-refractivity contribution is 0.606. The van der Waals surface area contributed by atoms with Gasteiger partial charge in [0.05, 0.1) is 6.04 Å². The molecule has 0 amide bonds. The molecule has 3 nitrogen and oxygen atoms in total. The van der Waals surface area contributed by atoms with Crippen LogP contribution in [0.15, 0.2) is 22.1 Å². The van der Waals surface area contributed by atoms with E-state index in [2.05, 4.69) is 49.6 Å². The minimum Gasteiger partial charge on any atom is -0.363 e. The molecule has 0 spiro atoms. The number of thiophene rings is 1. The van der Waals surface area contributed by atoms with Gasteiger partial charge in [-0.25, -0.2) is 9.97 Å². The van der Waals surface area contributed by atoms with Crippen LogP contribution in [-0.2, 0) is 12.8 Å². The molecule has 1 unspecified atom stereocenters. The van der Waals surface area contributed by atoms with Crippen molar-refractivity contribution in [2.75, 3.05) is 5.32 Å². The fraction of sp³-hybridized carbons (Fsp3) is 0.467. The highest BCUT2D eigenvalue weighted by atomic mass is 79.9.